The van der Waals surface area contributed by atoms with Crippen LogP contribution < -0.4 is 11.1 Å². The van der Waals surface area contributed by atoms with E-state index in [-0.39, 0.29) is 60.5 Å². The molecule has 1 fully saturated rings. The zero-order valence-corrected chi connectivity index (χ0v) is 25.6. The SMILES string of the molecule is COC(=O)C1CCN(CC(=O)Nc2ccc(-c3ccc(O)c4c3C[C@H]3C[C@H]5CC(O)=C(C(N)=O)C(=O)[C@@]5(O)C(O)=C3C4=O)cc2)CC1. The van der Waals surface area contributed by atoms with Gasteiger partial charge in [-0.3, -0.25) is 28.9 Å². The van der Waals surface area contributed by atoms with E-state index < -0.39 is 52.0 Å². The van der Waals surface area contributed by atoms with Crippen molar-refractivity contribution in [2.45, 2.75) is 37.7 Å². The molecule has 2 aromatic carbocycles. The molecule has 1 aliphatic heterocycles. The molecule has 0 saturated carbocycles. The number of fused-ring (bicyclic) bond motifs is 3. The highest BCUT2D eigenvalue weighted by atomic mass is 16.5. The summed E-state index contributed by atoms with van der Waals surface area (Å²) in [6.07, 6.45) is 1.15. The van der Waals surface area contributed by atoms with E-state index in [9.17, 15) is 44.4 Å². The van der Waals surface area contributed by atoms with Gasteiger partial charge in [-0.25, -0.2) is 0 Å². The van der Waals surface area contributed by atoms with Crippen LogP contribution in [0, 0.1) is 17.8 Å². The smallest absolute Gasteiger partial charge is 0.308 e. The first kappa shape index (κ1) is 32.0. The highest BCUT2D eigenvalue weighted by molar-refractivity contribution is 6.24. The van der Waals surface area contributed by atoms with Gasteiger partial charge in [-0.2, -0.15) is 0 Å². The number of Topliss-reactive ketones (excluding diaryl/α,β-unsaturated/α-hetero) is 2. The van der Waals surface area contributed by atoms with Gasteiger partial charge in [0.25, 0.3) is 5.91 Å². The first-order valence-corrected chi connectivity index (χ1v) is 15.4. The zero-order valence-electron chi connectivity index (χ0n) is 25.6. The number of phenolic OH excluding ortho intramolecular Hbond substituents is 1. The van der Waals surface area contributed by atoms with Crippen molar-refractivity contribution in [3.05, 3.63) is 70.2 Å². The number of anilines is 1. The number of hydrogen-bond donors (Lipinski definition) is 6. The number of rotatable bonds is 6. The van der Waals surface area contributed by atoms with Gasteiger partial charge in [0.2, 0.25) is 11.7 Å². The van der Waals surface area contributed by atoms with Crippen molar-refractivity contribution in [1.82, 2.24) is 4.90 Å². The van der Waals surface area contributed by atoms with Crippen molar-refractivity contribution in [3.63, 3.8) is 0 Å². The minimum absolute atomic E-state index is 0.0311. The quantitative estimate of drug-likeness (QED) is 0.197. The minimum atomic E-state index is -2.62. The summed E-state index contributed by atoms with van der Waals surface area (Å²) < 4.78 is 4.81. The number of aliphatic hydroxyl groups is 3. The molecule has 13 heteroatoms. The van der Waals surface area contributed by atoms with Crippen molar-refractivity contribution in [2.75, 3.05) is 32.1 Å². The van der Waals surface area contributed by atoms with Gasteiger partial charge in [0.1, 0.15) is 22.8 Å². The highest BCUT2D eigenvalue weighted by Gasteiger charge is 2.59. The molecule has 2 amide bonds. The molecule has 0 bridgehead atoms. The third-order valence-electron chi connectivity index (χ3n) is 9.91. The van der Waals surface area contributed by atoms with Crippen molar-refractivity contribution in [1.29, 1.82) is 0 Å². The Labute approximate surface area is 269 Å². The minimum Gasteiger partial charge on any atom is -0.511 e. The van der Waals surface area contributed by atoms with E-state index in [1.54, 1.807) is 30.3 Å². The van der Waals surface area contributed by atoms with E-state index in [0.29, 0.717) is 48.3 Å². The molecule has 0 aromatic heterocycles. The molecule has 13 nitrogen and oxygen atoms in total. The number of ketones is 2. The van der Waals surface area contributed by atoms with Crippen LogP contribution >= 0.6 is 0 Å². The fourth-order valence-corrected chi connectivity index (χ4v) is 7.52. The average Bonchev–Trinajstić information content (AvgIpc) is 3.03. The Hall–Kier alpha value is -5.01. The van der Waals surface area contributed by atoms with Crippen molar-refractivity contribution in [2.24, 2.45) is 23.5 Å². The summed E-state index contributed by atoms with van der Waals surface area (Å²) in [5.41, 5.74) is 3.90. The zero-order chi connectivity index (χ0) is 33.8. The van der Waals surface area contributed by atoms with Crippen molar-refractivity contribution >= 4 is 35.0 Å². The van der Waals surface area contributed by atoms with Crippen molar-refractivity contribution in [3.8, 4) is 16.9 Å². The number of amides is 2. The molecular formula is C34H35N3O10. The maximum atomic E-state index is 13.8. The second-order valence-corrected chi connectivity index (χ2v) is 12.6. The Morgan fingerprint density at radius 2 is 1.70 bits per heavy atom. The van der Waals surface area contributed by atoms with Crippen LogP contribution in [-0.2, 0) is 30.3 Å². The molecule has 3 aliphatic carbocycles. The number of ether oxygens (including phenoxy) is 1. The number of phenols is 1. The van der Waals surface area contributed by atoms with Gasteiger partial charge in [-0.05, 0) is 79.6 Å². The number of primary amides is 1. The number of aromatic hydroxyl groups is 1. The first-order chi connectivity index (χ1) is 22.3. The van der Waals surface area contributed by atoms with Crippen LogP contribution in [0.1, 0.15) is 41.6 Å². The fourth-order valence-electron chi connectivity index (χ4n) is 7.52. The number of carbonyl (C=O) groups is 5. The van der Waals surface area contributed by atoms with E-state index in [0.717, 1.165) is 0 Å². The van der Waals surface area contributed by atoms with E-state index >= 15 is 0 Å². The second kappa shape index (κ2) is 12.0. The highest BCUT2D eigenvalue weighted by Crippen LogP contribution is 2.52. The molecule has 0 spiro atoms. The van der Waals surface area contributed by atoms with E-state index in [1.807, 2.05) is 4.90 Å². The van der Waals surface area contributed by atoms with Gasteiger partial charge in [0.15, 0.2) is 11.4 Å². The Morgan fingerprint density at radius 1 is 1.02 bits per heavy atom. The lowest BCUT2D eigenvalue weighted by Crippen LogP contribution is -2.57. The number of allylic oxidation sites excluding steroid dienone is 2. The van der Waals surface area contributed by atoms with Crippen LogP contribution in [0.5, 0.6) is 5.75 Å². The maximum Gasteiger partial charge on any atom is 0.308 e. The number of piperidine rings is 1. The number of carbonyl (C=O) groups excluding carboxylic acids is 5. The molecule has 246 valence electrons. The number of esters is 1. The number of benzene rings is 2. The molecule has 0 radical (unpaired) electrons. The lowest BCUT2D eigenvalue weighted by molar-refractivity contribution is -0.147. The van der Waals surface area contributed by atoms with Gasteiger partial charge in [-0.1, -0.05) is 18.2 Å². The Balaban J connectivity index is 1.22. The summed E-state index contributed by atoms with van der Waals surface area (Å²) in [4.78, 5) is 65.3. The van der Waals surface area contributed by atoms with Gasteiger partial charge in [-0.15, -0.1) is 0 Å². The fraction of sp³-hybridized carbons (Fsp3) is 0.382. The topological polar surface area (TPSA) is 217 Å². The van der Waals surface area contributed by atoms with E-state index in [4.69, 9.17) is 10.5 Å². The normalized spacial score (nSPS) is 24.7. The Morgan fingerprint density at radius 3 is 2.34 bits per heavy atom. The monoisotopic (exact) mass is 645 g/mol. The van der Waals surface area contributed by atoms with E-state index in [1.165, 1.54) is 13.2 Å². The van der Waals surface area contributed by atoms with Crippen LogP contribution in [0.4, 0.5) is 5.69 Å². The molecule has 1 saturated heterocycles. The predicted molar refractivity (Wildman–Crippen MR) is 166 cm³/mol. The molecule has 0 unspecified atom stereocenters. The first-order valence-electron chi connectivity index (χ1n) is 15.4. The number of aliphatic hydroxyl groups excluding tert-OH is 2. The molecule has 7 N–H and O–H groups in total. The van der Waals surface area contributed by atoms with Crippen LogP contribution in [0.3, 0.4) is 0 Å². The third kappa shape index (κ3) is 5.34. The Kier molecular flexibility index (Phi) is 8.14. The maximum absolute atomic E-state index is 13.8. The molecule has 6 rings (SSSR count). The summed E-state index contributed by atoms with van der Waals surface area (Å²) in [6, 6.07) is 9.99. The number of nitrogens with zero attached hydrogens (tertiary/aromatic N) is 1. The van der Waals surface area contributed by atoms with Gasteiger partial charge < -0.3 is 36.2 Å². The van der Waals surface area contributed by atoms with Crippen LogP contribution in [-0.4, -0.2) is 87.0 Å². The molecular weight excluding hydrogens is 610 g/mol. The lowest BCUT2D eigenvalue weighted by atomic mass is 9.60. The number of nitrogens with one attached hydrogen (secondary N) is 1. The largest absolute Gasteiger partial charge is 0.511 e. The number of likely N-dealkylation sites (tertiary alicyclic amines) is 1. The summed E-state index contributed by atoms with van der Waals surface area (Å²) in [5.74, 6) is -7.38. The van der Waals surface area contributed by atoms with Crippen molar-refractivity contribution < 1.29 is 49.1 Å². The molecule has 47 heavy (non-hydrogen) atoms. The molecule has 2 aromatic rings. The average molecular weight is 646 g/mol. The number of hydrogen-bond acceptors (Lipinski definition) is 11. The summed E-state index contributed by atoms with van der Waals surface area (Å²) >= 11 is 0. The number of nitrogens with two attached hydrogens (primary N) is 1. The van der Waals surface area contributed by atoms with E-state index in [2.05, 4.69) is 5.32 Å². The van der Waals surface area contributed by atoms with Crippen LogP contribution in [0.15, 0.2) is 59.1 Å². The standard InChI is InChI=1S/C34H35N3O10/c1-47-33(45)17-8-10-37(11-9-17)15-25(40)36-20-4-2-16(3-5-20)21-6-7-23(38)27-22(21)13-18-12-19-14-24(39)28(32(35)44)31(43)34(19,46)30(42)26(18)29(27)41/h2-7,17-19,38-39,42,46H,8-15H2,1H3,(H2,35,44)(H,36,40)/t18-,19+,34+/m1/s1. The summed E-state index contributed by atoms with van der Waals surface area (Å²) in [6.45, 7) is 1.39. The summed E-state index contributed by atoms with van der Waals surface area (Å²) in [7, 11) is 1.37. The predicted octanol–water partition coefficient (Wildman–Crippen LogP) is 2.07. The number of methoxy groups -OCH3 is 1. The second-order valence-electron chi connectivity index (χ2n) is 12.6. The third-order valence-corrected chi connectivity index (χ3v) is 9.91. The molecule has 3 atom stereocenters. The van der Waals surface area contributed by atoms with Crippen LogP contribution in [0.25, 0.3) is 11.1 Å². The molecule has 1 heterocycles. The van der Waals surface area contributed by atoms with Gasteiger partial charge in [0, 0.05) is 23.6 Å². The lowest BCUT2D eigenvalue weighted by Gasteiger charge is -2.45. The molecule has 4 aliphatic rings. The Bertz CT molecular complexity index is 1770. The van der Waals surface area contributed by atoms with Crippen LogP contribution in [0.2, 0.25) is 0 Å². The van der Waals surface area contributed by atoms with Gasteiger partial charge >= 0.3 is 5.97 Å². The summed E-state index contributed by atoms with van der Waals surface area (Å²) in [5, 5.41) is 46.7. The van der Waals surface area contributed by atoms with Gasteiger partial charge in [0.05, 0.1) is 25.1 Å².